The number of carboxylic acids is 1. The highest BCUT2D eigenvalue weighted by molar-refractivity contribution is 9.10. The third kappa shape index (κ3) is 2.91. The molecule has 0 radical (unpaired) electrons. The summed E-state index contributed by atoms with van der Waals surface area (Å²) >= 11 is 4.78. The summed E-state index contributed by atoms with van der Waals surface area (Å²) < 4.78 is 5.46. The zero-order valence-corrected chi connectivity index (χ0v) is 13.0. The fourth-order valence-corrected chi connectivity index (χ4v) is 3.58. The molecule has 20 heavy (non-hydrogen) atoms. The van der Waals surface area contributed by atoms with Crippen molar-refractivity contribution in [3.63, 3.8) is 0 Å². The van der Waals surface area contributed by atoms with Crippen molar-refractivity contribution in [2.75, 3.05) is 7.11 Å². The number of carboxylic acid groups (broad SMARTS) is 1. The molecule has 0 aliphatic rings. The Labute approximate surface area is 128 Å². The number of rotatable bonds is 4. The quantitative estimate of drug-likeness (QED) is 0.852. The second-order valence-corrected chi connectivity index (χ2v) is 5.73. The number of benzene rings is 1. The van der Waals surface area contributed by atoms with Crippen molar-refractivity contribution < 1.29 is 19.4 Å². The second kappa shape index (κ2) is 6.19. The number of methoxy groups -OCH3 is 1. The van der Waals surface area contributed by atoms with Crippen LogP contribution in [0.5, 0.6) is 0 Å². The van der Waals surface area contributed by atoms with Crippen LogP contribution in [-0.2, 0) is 16.0 Å². The molecule has 6 heteroatoms. The SMILES string of the molecule is COC(=O)Cc1c(Br)csc1-c1ccccc1C(=O)O. The van der Waals surface area contributed by atoms with E-state index in [0.29, 0.717) is 5.56 Å². The van der Waals surface area contributed by atoms with Crippen LogP contribution < -0.4 is 0 Å². The monoisotopic (exact) mass is 354 g/mol. The number of hydrogen-bond acceptors (Lipinski definition) is 4. The molecular formula is C14H11BrO4S. The van der Waals surface area contributed by atoms with Crippen molar-refractivity contribution in [2.24, 2.45) is 0 Å². The van der Waals surface area contributed by atoms with Crippen molar-refractivity contribution in [3.05, 3.63) is 45.2 Å². The molecule has 0 aliphatic carbocycles. The molecular weight excluding hydrogens is 344 g/mol. The van der Waals surface area contributed by atoms with Gasteiger partial charge >= 0.3 is 11.9 Å². The fourth-order valence-electron chi connectivity index (χ4n) is 1.84. The molecule has 0 spiro atoms. The van der Waals surface area contributed by atoms with Crippen LogP contribution in [0.1, 0.15) is 15.9 Å². The lowest BCUT2D eigenvalue weighted by Gasteiger charge is -2.07. The minimum Gasteiger partial charge on any atom is -0.478 e. The summed E-state index contributed by atoms with van der Waals surface area (Å²) in [4.78, 5) is 23.5. The average Bonchev–Trinajstić information content (AvgIpc) is 2.80. The molecule has 0 fully saturated rings. The molecule has 0 atom stereocenters. The number of carbonyl (C=O) groups is 2. The summed E-state index contributed by atoms with van der Waals surface area (Å²) in [5.41, 5.74) is 1.57. The summed E-state index contributed by atoms with van der Waals surface area (Å²) in [5, 5.41) is 11.1. The Balaban J connectivity index is 2.54. The smallest absolute Gasteiger partial charge is 0.336 e. The molecule has 2 rings (SSSR count). The molecule has 0 aliphatic heterocycles. The zero-order chi connectivity index (χ0) is 14.7. The summed E-state index contributed by atoms with van der Waals surface area (Å²) in [7, 11) is 1.33. The fraction of sp³-hybridized carbons (Fsp3) is 0.143. The van der Waals surface area contributed by atoms with E-state index < -0.39 is 5.97 Å². The van der Waals surface area contributed by atoms with Gasteiger partial charge in [0.25, 0.3) is 0 Å². The van der Waals surface area contributed by atoms with Crippen molar-refractivity contribution in [1.82, 2.24) is 0 Å². The van der Waals surface area contributed by atoms with Crippen LogP contribution in [0.3, 0.4) is 0 Å². The van der Waals surface area contributed by atoms with Gasteiger partial charge in [0.15, 0.2) is 0 Å². The highest BCUT2D eigenvalue weighted by Gasteiger charge is 2.19. The lowest BCUT2D eigenvalue weighted by molar-refractivity contribution is -0.139. The molecule has 4 nitrogen and oxygen atoms in total. The van der Waals surface area contributed by atoms with Gasteiger partial charge in [-0.05, 0) is 27.6 Å². The number of hydrogen-bond donors (Lipinski definition) is 1. The molecule has 0 unspecified atom stereocenters. The van der Waals surface area contributed by atoms with E-state index in [-0.39, 0.29) is 18.0 Å². The molecule has 104 valence electrons. The molecule has 0 amide bonds. The van der Waals surface area contributed by atoms with Crippen LogP contribution in [0.2, 0.25) is 0 Å². The minimum atomic E-state index is -0.992. The predicted octanol–water partition coefficient (Wildman–Crippen LogP) is 3.59. The van der Waals surface area contributed by atoms with E-state index in [1.165, 1.54) is 18.4 Å². The van der Waals surface area contributed by atoms with Crippen LogP contribution in [0.15, 0.2) is 34.1 Å². The first kappa shape index (κ1) is 14.7. The number of carbonyl (C=O) groups excluding carboxylic acids is 1. The first-order valence-electron chi connectivity index (χ1n) is 5.70. The zero-order valence-electron chi connectivity index (χ0n) is 10.6. The van der Waals surface area contributed by atoms with Gasteiger partial charge in [0.1, 0.15) is 0 Å². The van der Waals surface area contributed by atoms with Gasteiger partial charge in [-0.15, -0.1) is 11.3 Å². The predicted molar refractivity (Wildman–Crippen MR) is 80.1 cm³/mol. The largest absolute Gasteiger partial charge is 0.478 e. The van der Waals surface area contributed by atoms with Crippen LogP contribution in [0, 0.1) is 0 Å². The van der Waals surface area contributed by atoms with Crippen molar-refractivity contribution in [3.8, 4) is 10.4 Å². The van der Waals surface area contributed by atoms with Gasteiger partial charge in [0.05, 0.1) is 19.1 Å². The molecule has 1 N–H and O–H groups in total. The molecule has 2 aromatic rings. The second-order valence-electron chi connectivity index (χ2n) is 3.99. The normalized spacial score (nSPS) is 10.3. The third-order valence-corrected chi connectivity index (χ3v) is 4.86. The first-order valence-corrected chi connectivity index (χ1v) is 7.37. The highest BCUT2D eigenvalue weighted by atomic mass is 79.9. The Morgan fingerprint density at radius 1 is 1.35 bits per heavy atom. The molecule has 0 bridgehead atoms. The first-order chi connectivity index (χ1) is 9.54. The summed E-state index contributed by atoms with van der Waals surface area (Å²) in [5.74, 6) is -1.35. The van der Waals surface area contributed by atoms with E-state index in [0.717, 1.165) is 14.9 Å². The van der Waals surface area contributed by atoms with Gasteiger partial charge in [0.2, 0.25) is 0 Å². The van der Waals surface area contributed by atoms with Crippen molar-refractivity contribution in [1.29, 1.82) is 0 Å². The lowest BCUT2D eigenvalue weighted by Crippen LogP contribution is -2.06. The number of esters is 1. The van der Waals surface area contributed by atoms with Crippen LogP contribution >= 0.6 is 27.3 Å². The summed E-state index contributed by atoms with van der Waals surface area (Å²) in [6.45, 7) is 0. The maximum Gasteiger partial charge on any atom is 0.336 e. The summed E-state index contributed by atoms with van der Waals surface area (Å²) in [6.07, 6.45) is 0.101. The molecule has 0 saturated carbocycles. The van der Waals surface area contributed by atoms with Crippen LogP contribution in [0.4, 0.5) is 0 Å². The Kier molecular flexibility index (Phi) is 4.57. The maximum absolute atomic E-state index is 11.5. The molecule has 1 aromatic heterocycles. The number of aromatic carboxylic acids is 1. The van der Waals surface area contributed by atoms with E-state index >= 15 is 0 Å². The van der Waals surface area contributed by atoms with Gasteiger partial charge in [-0.1, -0.05) is 18.2 Å². The van der Waals surface area contributed by atoms with Crippen molar-refractivity contribution >= 4 is 39.2 Å². The standard InChI is InChI=1S/C14H11BrO4S/c1-19-12(16)6-10-11(15)7-20-13(10)8-4-2-3-5-9(8)14(17)18/h2-5,7H,6H2,1H3,(H,17,18). The molecule has 0 saturated heterocycles. The van der Waals surface area contributed by atoms with E-state index in [1.54, 1.807) is 24.3 Å². The topological polar surface area (TPSA) is 63.6 Å². The molecule has 1 heterocycles. The van der Waals surface area contributed by atoms with E-state index in [2.05, 4.69) is 20.7 Å². The third-order valence-electron chi connectivity index (χ3n) is 2.79. The van der Waals surface area contributed by atoms with Gasteiger partial charge in [-0.2, -0.15) is 0 Å². The number of ether oxygens (including phenoxy) is 1. The number of halogens is 1. The minimum absolute atomic E-state index is 0.101. The van der Waals surface area contributed by atoms with Gasteiger partial charge in [0, 0.05) is 20.3 Å². The maximum atomic E-state index is 11.5. The van der Waals surface area contributed by atoms with Crippen molar-refractivity contribution in [2.45, 2.75) is 6.42 Å². The lowest BCUT2D eigenvalue weighted by atomic mass is 10.0. The van der Waals surface area contributed by atoms with E-state index in [4.69, 9.17) is 0 Å². The van der Waals surface area contributed by atoms with Gasteiger partial charge in [-0.25, -0.2) is 4.79 Å². The van der Waals surface area contributed by atoms with E-state index in [1.807, 2.05) is 5.38 Å². The number of thiophene rings is 1. The highest BCUT2D eigenvalue weighted by Crippen LogP contribution is 2.38. The Morgan fingerprint density at radius 2 is 2.05 bits per heavy atom. The van der Waals surface area contributed by atoms with Gasteiger partial charge in [-0.3, -0.25) is 4.79 Å². The van der Waals surface area contributed by atoms with Gasteiger partial charge < -0.3 is 9.84 Å². The van der Waals surface area contributed by atoms with Crippen LogP contribution in [0.25, 0.3) is 10.4 Å². The summed E-state index contributed by atoms with van der Waals surface area (Å²) in [6, 6.07) is 6.74. The van der Waals surface area contributed by atoms with E-state index in [9.17, 15) is 14.7 Å². The Hall–Kier alpha value is -1.66. The average molecular weight is 355 g/mol. The Morgan fingerprint density at radius 3 is 2.70 bits per heavy atom. The molecule has 1 aromatic carbocycles. The van der Waals surface area contributed by atoms with Crippen LogP contribution in [-0.4, -0.2) is 24.2 Å². The Bertz CT molecular complexity index is 663.